The van der Waals surface area contributed by atoms with Gasteiger partial charge in [-0.3, -0.25) is 4.90 Å². The van der Waals surface area contributed by atoms with Gasteiger partial charge >= 0.3 is 18.4 Å². The Balaban J connectivity index is 1.91. The number of carbonyl (C=O) groups is 2. The van der Waals surface area contributed by atoms with Crippen LogP contribution in [-0.4, -0.2) is 66.6 Å². The fourth-order valence-corrected chi connectivity index (χ4v) is 7.35. The van der Waals surface area contributed by atoms with Crippen molar-refractivity contribution in [3.05, 3.63) is 70.4 Å². The summed E-state index contributed by atoms with van der Waals surface area (Å²) in [6, 6.07) is 6.11. The maximum absolute atomic E-state index is 16.7. The number of aromatic nitrogens is 1. The van der Waals surface area contributed by atoms with Crippen molar-refractivity contribution in [3.8, 4) is 0 Å². The summed E-state index contributed by atoms with van der Waals surface area (Å²) in [4.78, 5) is 27.7. The van der Waals surface area contributed by atoms with Crippen LogP contribution in [-0.2, 0) is 25.1 Å². The third kappa shape index (κ3) is 9.98. The molecule has 0 amide bonds. The minimum absolute atomic E-state index is 0.0155. The number of halogens is 5. The molecule has 0 saturated carbocycles. The van der Waals surface area contributed by atoms with Gasteiger partial charge in [-0.25, -0.2) is 22.9 Å². The number of benzene rings is 2. The van der Waals surface area contributed by atoms with Gasteiger partial charge in [-0.15, -0.1) is 0 Å². The smallest absolute Gasteiger partial charge is 0.443 e. The zero-order chi connectivity index (χ0) is 40.1. The van der Waals surface area contributed by atoms with Crippen molar-refractivity contribution in [3.63, 3.8) is 0 Å². The normalized spacial score (nSPS) is 18.1. The molecule has 0 saturated heterocycles. The van der Waals surface area contributed by atoms with E-state index in [9.17, 15) is 22.8 Å². The van der Waals surface area contributed by atoms with Crippen LogP contribution in [0.25, 0.3) is 10.9 Å². The first kappa shape index (κ1) is 42.3. The molecule has 8 nitrogen and oxygen atoms in total. The first-order valence-electron chi connectivity index (χ1n) is 17.8. The van der Waals surface area contributed by atoms with E-state index < -0.39 is 79.9 Å². The monoisotopic (exact) mass is 768 g/mol. The second-order valence-corrected chi connectivity index (χ2v) is 22.1. The van der Waals surface area contributed by atoms with Gasteiger partial charge in [0.2, 0.25) is 0 Å². The average Bonchev–Trinajstić information content (AvgIpc) is 3.28. The number of para-hydroxylation sites is 1. The van der Waals surface area contributed by atoms with E-state index in [4.69, 9.17) is 18.6 Å². The van der Waals surface area contributed by atoms with Gasteiger partial charge in [-0.2, -0.15) is 13.2 Å². The Hall–Kier alpha value is -3.49. The zero-order valence-electron chi connectivity index (χ0n) is 32.8. The molecule has 3 aromatic rings. The molecule has 294 valence electrons. The van der Waals surface area contributed by atoms with E-state index >= 15 is 8.78 Å². The molecular weight excluding hydrogens is 716 g/mol. The van der Waals surface area contributed by atoms with Crippen LogP contribution in [0.1, 0.15) is 110 Å². The molecule has 1 aliphatic heterocycles. The van der Waals surface area contributed by atoms with Gasteiger partial charge in [0, 0.05) is 30.0 Å². The fraction of sp³-hybridized carbons (Fsp3) is 0.590. The molecule has 14 heteroatoms. The molecule has 4 rings (SSSR count). The Bertz CT molecular complexity index is 1800. The Morgan fingerprint density at radius 2 is 1.47 bits per heavy atom. The maximum atomic E-state index is 16.7. The molecule has 1 aromatic heterocycles. The highest BCUT2D eigenvalue weighted by molar-refractivity contribution is 6.74. The standard InChI is InChI=1S/C39H53F5N2O6Si/c1-23-19-26-25-15-13-14-16-29(25)46(34(47)51-36(2,3)4)32(26)33(45(23)22-39(42,43)44)31-27(40)20-24(21-28(31)41)30(50-35(48)52-37(5,6)7)17-18-49-53(11,12)38(8,9)10/h13-16,20-21,23,30,33H,17-19,22H2,1-12H3/t23-,30?,33-/m1/s1. The van der Waals surface area contributed by atoms with E-state index in [2.05, 4.69) is 20.8 Å². The molecule has 2 aromatic carbocycles. The molecule has 53 heavy (non-hydrogen) atoms. The highest BCUT2D eigenvalue weighted by Crippen LogP contribution is 2.46. The largest absolute Gasteiger partial charge is 0.509 e. The van der Waals surface area contributed by atoms with Crippen molar-refractivity contribution < 1.29 is 50.2 Å². The van der Waals surface area contributed by atoms with Crippen LogP contribution in [0.5, 0.6) is 0 Å². The van der Waals surface area contributed by atoms with Crippen molar-refractivity contribution >= 4 is 31.5 Å². The van der Waals surface area contributed by atoms with Crippen LogP contribution >= 0.6 is 0 Å². The number of fused-ring (bicyclic) bond motifs is 3. The zero-order valence-corrected chi connectivity index (χ0v) is 33.8. The van der Waals surface area contributed by atoms with Crippen molar-refractivity contribution in [2.24, 2.45) is 0 Å². The Labute approximate surface area is 310 Å². The molecule has 2 heterocycles. The number of hydrogen-bond donors (Lipinski definition) is 0. The summed E-state index contributed by atoms with van der Waals surface area (Å²) in [6.07, 6.45) is -7.86. The Morgan fingerprint density at radius 1 is 0.906 bits per heavy atom. The first-order chi connectivity index (χ1) is 24.1. The minimum Gasteiger partial charge on any atom is -0.443 e. The van der Waals surface area contributed by atoms with Gasteiger partial charge in [0.1, 0.15) is 28.9 Å². The summed E-state index contributed by atoms with van der Waals surface area (Å²) in [5.74, 6) is -2.36. The Kier molecular flexibility index (Phi) is 11.9. The highest BCUT2D eigenvalue weighted by Gasteiger charge is 2.46. The second-order valence-electron chi connectivity index (χ2n) is 17.3. The molecule has 1 aliphatic rings. The van der Waals surface area contributed by atoms with E-state index in [1.165, 1.54) is 0 Å². The number of ether oxygens (including phenoxy) is 3. The predicted octanol–water partition coefficient (Wildman–Crippen LogP) is 11.0. The third-order valence-corrected chi connectivity index (χ3v) is 14.2. The van der Waals surface area contributed by atoms with Crippen LogP contribution < -0.4 is 0 Å². The number of rotatable bonds is 8. The molecular formula is C39H53F5N2O6Si. The van der Waals surface area contributed by atoms with E-state index in [0.717, 1.165) is 21.6 Å². The first-order valence-corrected chi connectivity index (χ1v) is 20.7. The molecule has 1 unspecified atom stereocenters. The van der Waals surface area contributed by atoms with Gasteiger partial charge in [0.15, 0.2) is 8.32 Å². The van der Waals surface area contributed by atoms with E-state index in [1.807, 2.05) is 13.1 Å². The van der Waals surface area contributed by atoms with Crippen LogP contribution in [0.15, 0.2) is 36.4 Å². The molecule has 0 N–H and O–H groups in total. The van der Waals surface area contributed by atoms with E-state index in [1.54, 1.807) is 72.7 Å². The summed E-state index contributed by atoms with van der Waals surface area (Å²) in [5.41, 5.74) is -1.88. The molecule has 0 fully saturated rings. The SMILES string of the molecule is C[C@@H]1Cc2c(n(C(=O)OC(C)(C)C)c3ccccc23)[C@@H](c2c(F)cc(C(CCO[Si](C)(C)C(C)(C)C)OC(=O)OC(C)(C)C)cc2F)N1CC(F)(F)F. The third-order valence-electron chi connectivity index (χ3n) is 9.64. The van der Waals surface area contributed by atoms with Gasteiger partial charge < -0.3 is 18.6 Å². The number of hydrogen-bond acceptors (Lipinski definition) is 7. The minimum atomic E-state index is -4.75. The van der Waals surface area contributed by atoms with Gasteiger partial charge in [0.05, 0.1) is 23.8 Å². The molecule has 3 atom stereocenters. The van der Waals surface area contributed by atoms with Crippen molar-refractivity contribution in [2.75, 3.05) is 13.2 Å². The topological polar surface area (TPSA) is 79.2 Å². The highest BCUT2D eigenvalue weighted by atomic mass is 28.4. The molecule has 0 spiro atoms. The lowest BCUT2D eigenvalue weighted by molar-refractivity contribution is -0.155. The summed E-state index contributed by atoms with van der Waals surface area (Å²) < 4.78 is 100. The predicted molar refractivity (Wildman–Crippen MR) is 196 cm³/mol. The van der Waals surface area contributed by atoms with Gasteiger partial charge in [-0.05, 0) is 102 Å². The van der Waals surface area contributed by atoms with Crippen molar-refractivity contribution in [1.29, 1.82) is 0 Å². The van der Waals surface area contributed by atoms with Crippen LogP contribution in [0.4, 0.5) is 31.5 Å². The lowest BCUT2D eigenvalue weighted by atomic mass is 9.87. The molecule has 0 radical (unpaired) electrons. The number of carbonyl (C=O) groups excluding carboxylic acids is 2. The van der Waals surface area contributed by atoms with Crippen LogP contribution in [0, 0.1) is 11.6 Å². The van der Waals surface area contributed by atoms with Crippen molar-refractivity contribution in [2.45, 2.75) is 136 Å². The number of nitrogens with zero attached hydrogens (tertiary/aromatic N) is 2. The van der Waals surface area contributed by atoms with Crippen LogP contribution in [0.2, 0.25) is 18.1 Å². The maximum Gasteiger partial charge on any atom is 0.509 e. The second kappa shape index (κ2) is 15.0. The van der Waals surface area contributed by atoms with E-state index in [-0.39, 0.29) is 35.7 Å². The van der Waals surface area contributed by atoms with Gasteiger partial charge in [0.25, 0.3) is 0 Å². The average molecular weight is 769 g/mol. The lowest BCUT2D eigenvalue weighted by Gasteiger charge is -2.42. The summed E-state index contributed by atoms with van der Waals surface area (Å²) in [5, 5.41) is 0.413. The summed E-state index contributed by atoms with van der Waals surface area (Å²) in [7, 11) is -2.27. The summed E-state index contributed by atoms with van der Waals surface area (Å²) >= 11 is 0. The number of alkyl halides is 3. The van der Waals surface area contributed by atoms with Gasteiger partial charge in [-0.1, -0.05) is 39.0 Å². The van der Waals surface area contributed by atoms with E-state index in [0.29, 0.717) is 16.5 Å². The van der Waals surface area contributed by atoms with Crippen molar-refractivity contribution in [1.82, 2.24) is 9.47 Å². The quantitative estimate of drug-likeness (QED) is 0.128. The summed E-state index contributed by atoms with van der Waals surface area (Å²) in [6.45, 7) is 20.2. The molecule has 0 bridgehead atoms. The van der Waals surface area contributed by atoms with Crippen LogP contribution in [0.3, 0.4) is 0 Å². The molecule has 0 aliphatic carbocycles. The fourth-order valence-electron chi connectivity index (χ4n) is 6.29. The lowest BCUT2D eigenvalue weighted by Crippen LogP contribution is -2.48. The Morgan fingerprint density at radius 3 is 2.00 bits per heavy atom.